The van der Waals surface area contributed by atoms with Gasteiger partial charge in [0, 0.05) is 22.7 Å². The van der Waals surface area contributed by atoms with Crippen molar-refractivity contribution in [3.05, 3.63) is 57.2 Å². The topological polar surface area (TPSA) is 108 Å². The first-order valence-corrected chi connectivity index (χ1v) is 13.1. The number of nitrogens with zero attached hydrogens (tertiary/aromatic N) is 2. The number of carbonyl (C=O) groups is 2. The van der Waals surface area contributed by atoms with Gasteiger partial charge in [0.15, 0.2) is 17.4 Å². The smallest absolute Gasteiger partial charge is 0.437 e. The number of carbonyl (C=O) groups excluding carboxylic acids is 2. The number of alkyl halides is 3. The summed E-state index contributed by atoms with van der Waals surface area (Å²) < 4.78 is 57.2. The number of esters is 1. The van der Waals surface area contributed by atoms with Gasteiger partial charge in [0.25, 0.3) is 5.91 Å². The van der Waals surface area contributed by atoms with Crippen LogP contribution in [0, 0.1) is 0 Å². The summed E-state index contributed by atoms with van der Waals surface area (Å²) in [7, 11) is 0. The van der Waals surface area contributed by atoms with Gasteiger partial charge in [0.2, 0.25) is 6.10 Å². The van der Waals surface area contributed by atoms with Crippen molar-refractivity contribution in [2.75, 3.05) is 19.6 Å². The number of amides is 1. The van der Waals surface area contributed by atoms with Gasteiger partial charge in [-0.25, -0.2) is 4.79 Å². The average molecular weight is 588 g/mol. The Balaban J connectivity index is 1.73. The van der Waals surface area contributed by atoms with E-state index in [2.05, 4.69) is 5.16 Å². The Morgan fingerprint density at radius 1 is 1.18 bits per heavy atom. The molecule has 2 atom stereocenters. The van der Waals surface area contributed by atoms with Crippen LogP contribution in [0.25, 0.3) is 11.0 Å². The predicted octanol–water partition coefficient (Wildman–Crippen LogP) is 5.72. The van der Waals surface area contributed by atoms with E-state index < -0.39 is 36.0 Å². The van der Waals surface area contributed by atoms with Crippen LogP contribution in [0.5, 0.6) is 5.75 Å². The molecule has 1 aliphatic rings. The normalized spacial score (nSPS) is 15.8. The van der Waals surface area contributed by atoms with Crippen molar-refractivity contribution >= 4 is 46.0 Å². The zero-order valence-corrected chi connectivity index (χ0v) is 22.4. The summed E-state index contributed by atoms with van der Waals surface area (Å²) in [6.07, 6.45) is -4.87. The third kappa shape index (κ3) is 6.59. The van der Waals surface area contributed by atoms with Gasteiger partial charge in [0.05, 0.1) is 10.4 Å². The average Bonchev–Trinajstić information content (AvgIpc) is 3.54. The number of fused-ring (bicyclic) bond motifs is 1. The first-order valence-electron chi connectivity index (χ1n) is 12.3. The van der Waals surface area contributed by atoms with E-state index in [1.165, 1.54) is 24.3 Å². The number of primary amides is 1. The third-order valence-electron chi connectivity index (χ3n) is 6.35. The van der Waals surface area contributed by atoms with Crippen molar-refractivity contribution in [3.63, 3.8) is 0 Å². The molecule has 0 radical (unpaired) electrons. The summed E-state index contributed by atoms with van der Waals surface area (Å²) >= 11 is 12.5. The van der Waals surface area contributed by atoms with Crippen LogP contribution in [0.4, 0.5) is 13.2 Å². The third-order valence-corrected chi connectivity index (χ3v) is 6.89. The number of rotatable bonds is 10. The molecule has 0 spiro atoms. The number of ether oxygens (including phenoxy) is 2. The summed E-state index contributed by atoms with van der Waals surface area (Å²) in [6.45, 7) is 3.41. The van der Waals surface area contributed by atoms with Gasteiger partial charge in [0.1, 0.15) is 5.75 Å². The molecular formula is C26H26Cl2F3N3O5. The van der Waals surface area contributed by atoms with E-state index in [-0.39, 0.29) is 40.3 Å². The first kappa shape index (κ1) is 29.0. The predicted molar refractivity (Wildman–Crippen MR) is 138 cm³/mol. The van der Waals surface area contributed by atoms with Crippen molar-refractivity contribution in [1.82, 2.24) is 10.1 Å². The van der Waals surface area contributed by atoms with E-state index >= 15 is 0 Å². The van der Waals surface area contributed by atoms with Crippen molar-refractivity contribution in [2.24, 2.45) is 5.73 Å². The van der Waals surface area contributed by atoms with Crippen LogP contribution in [-0.2, 0) is 26.9 Å². The fourth-order valence-corrected chi connectivity index (χ4v) is 4.89. The maximum atomic E-state index is 13.5. The Kier molecular flexibility index (Phi) is 8.93. The molecule has 210 valence electrons. The maximum Gasteiger partial charge on any atom is 0.437 e. The second-order valence-corrected chi connectivity index (χ2v) is 10.1. The first-order chi connectivity index (χ1) is 18.5. The Morgan fingerprint density at radius 3 is 2.44 bits per heavy atom. The minimum Gasteiger partial charge on any atom is -0.472 e. The summed E-state index contributed by atoms with van der Waals surface area (Å²) in [5.74, 6) is -1.83. The van der Waals surface area contributed by atoms with Crippen LogP contribution < -0.4 is 10.5 Å². The zero-order chi connectivity index (χ0) is 28.3. The van der Waals surface area contributed by atoms with E-state index in [1.807, 2.05) is 4.90 Å². The van der Waals surface area contributed by atoms with E-state index in [4.69, 9.17) is 42.9 Å². The standard InChI is InChI=1S/C26H26Cl2F3N3O5/c1-2-5-16-21-17(23(33-39-21)26(29,30)31)12-18(28)22(16)38-20(14-6-8-15(27)9-7-14)25(36)37-19(24(32)35)13-34-10-3-4-11-34/h6-9,12,19-20H,2-5,10-11,13H2,1H3,(H2,32,35)/t19-,20?/m1/s1. The Bertz CT molecular complexity index is 1340. The lowest BCUT2D eigenvalue weighted by Crippen LogP contribution is -2.43. The molecule has 1 saturated heterocycles. The van der Waals surface area contributed by atoms with Gasteiger partial charge in [-0.05, 0) is 50.6 Å². The number of hydrogen-bond donors (Lipinski definition) is 1. The number of hydrogen-bond acceptors (Lipinski definition) is 7. The molecule has 1 unspecified atom stereocenters. The largest absolute Gasteiger partial charge is 0.472 e. The van der Waals surface area contributed by atoms with Crippen LogP contribution >= 0.6 is 23.2 Å². The quantitative estimate of drug-likeness (QED) is 0.302. The summed E-state index contributed by atoms with van der Waals surface area (Å²) in [4.78, 5) is 27.6. The Labute approximate surface area is 232 Å². The number of likely N-dealkylation sites (tertiary alicyclic amines) is 1. The van der Waals surface area contributed by atoms with Gasteiger partial charge in [-0.15, -0.1) is 0 Å². The van der Waals surface area contributed by atoms with Gasteiger partial charge >= 0.3 is 12.1 Å². The fraction of sp³-hybridized carbons (Fsp3) is 0.423. The van der Waals surface area contributed by atoms with Crippen LogP contribution in [-0.4, -0.2) is 47.7 Å². The van der Waals surface area contributed by atoms with Gasteiger partial charge in [-0.2, -0.15) is 13.2 Å². The molecule has 3 aromatic rings. The van der Waals surface area contributed by atoms with E-state index in [1.54, 1.807) is 6.92 Å². The number of aryl methyl sites for hydroxylation is 1. The minimum absolute atomic E-state index is 0.0667. The molecule has 1 aliphatic heterocycles. The molecule has 0 bridgehead atoms. The van der Waals surface area contributed by atoms with E-state index in [0.29, 0.717) is 17.0 Å². The summed E-state index contributed by atoms with van der Waals surface area (Å²) in [5.41, 5.74) is 4.67. The van der Waals surface area contributed by atoms with Crippen molar-refractivity contribution in [3.8, 4) is 5.75 Å². The molecule has 39 heavy (non-hydrogen) atoms. The van der Waals surface area contributed by atoms with Crippen LogP contribution in [0.3, 0.4) is 0 Å². The molecule has 8 nitrogen and oxygen atoms in total. The van der Waals surface area contributed by atoms with Crippen molar-refractivity contribution in [1.29, 1.82) is 0 Å². The lowest BCUT2D eigenvalue weighted by Gasteiger charge is -2.25. The molecule has 0 aliphatic carbocycles. The molecule has 1 fully saturated rings. The lowest BCUT2D eigenvalue weighted by atomic mass is 10.0. The SMILES string of the molecule is CCCc1c(OC(C(=O)O[C@H](CN2CCCC2)C(N)=O)c2ccc(Cl)cc2)c(Cl)cc2c(C(F)(F)F)noc12. The van der Waals surface area contributed by atoms with E-state index in [0.717, 1.165) is 32.0 Å². The monoisotopic (exact) mass is 587 g/mol. The van der Waals surface area contributed by atoms with Crippen molar-refractivity contribution < 1.29 is 36.8 Å². The molecule has 1 amide bonds. The van der Waals surface area contributed by atoms with Crippen LogP contribution in [0.15, 0.2) is 34.9 Å². The lowest BCUT2D eigenvalue weighted by molar-refractivity contribution is -0.163. The number of benzene rings is 2. The zero-order valence-electron chi connectivity index (χ0n) is 20.9. The van der Waals surface area contributed by atoms with E-state index in [9.17, 15) is 22.8 Å². The minimum atomic E-state index is -4.77. The van der Waals surface area contributed by atoms with Crippen LogP contribution in [0.2, 0.25) is 10.0 Å². The Hall–Kier alpha value is -3.02. The molecule has 13 heteroatoms. The molecule has 1 aromatic heterocycles. The second-order valence-electron chi connectivity index (χ2n) is 9.21. The second kappa shape index (κ2) is 12.0. The number of nitrogens with two attached hydrogens (primary N) is 1. The van der Waals surface area contributed by atoms with Gasteiger partial charge in [-0.1, -0.05) is 53.8 Å². The summed E-state index contributed by atoms with van der Waals surface area (Å²) in [5, 5.41) is 3.09. The highest BCUT2D eigenvalue weighted by Gasteiger charge is 2.39. The highest BCUT2D eigenvalue weighted by molar-refractivity contribution is 6.33. The molecular weight excluding hydrogens is 562 g/mol. The molecule has 0 saturated carbocycles. The molecule has 2 heterocycles. The molecule has 2 N–H and O–H groups in total. The maximum absolute atomic E-state index is 13.5. The van der Waals surface area contributed by atoms with Gasteiger partial charge in [-0.3, -0.25) is 9.69 Å². The Morgan fingerprint density at radius 2 is 1.85 bits per heavy atom. The summed E-state index contributed by atoms with van der Waals surface area (Å²) in [6, 6.07) is 7.14. The highest BCUT2D eigenvalue weighted by atomic mass is 35.5. The number of aromatic nitrogens is 1. The van der Waals surface area contributed by atoms with Crippen LogP contribution in [0.1, 0.15) is 49.1 Å². The highest BCUT2D eigenvalue weighted by Crippen LogP contribution is 2.43. The fourth-order valence-electron chi connectivity index (χ4n) is 4.49. The number of halogens is 5. The molecule has 2 aromatic carbocycles. The van der Waals surface area contributed by atoms with Crippen molar-refractivity contribution in [2.45, 2.75) is 51.0 Å². The van der Waals surface area contributed by atoms with Gasteiger partial charge < -0.3 is 19.7 Å². The molecule has 4 rings (SSSR count).